The molecule has 8 heavy (non-hydrogen) atoms. The lowest BCUT2D eigenvalue weighted by molar-refractivity contribution is 0.404. The predicted molar refractivity (Wildman–Crippen MR) is 35.2 cm³/mol. The van der Waals surface area contributed by atoms with E-state index in [-0.39, 0.29) is 5.66 Å². The molecule has 0 aliphatic carbocycles. The minimum atomic E-state index is 0.0556. The molecule has 1 N–H and O–H groups in total. The van der Waals surface area contributed by atoms with Crippen molar-refractivity contribution in [2.24, 2.45) is 4.99 Å². The minimum absolute atomic E-state index is 0.0556. The molecule has 1 unspecified atom stereocenters. The van der Waals surface area contributed by atoms with Gasteiger partial charge >= 0.3 is 0 Å². The summed E-state index contributed by atoms with van der Waals surface area (Å²) in [5.74, 6) is 0. The van der Waals surface area contributed by atoms with Gasteiger partial charge in [0.15, 0.2) is 0 Å². The fourth-order valence-electron chi connectivity index (χ4n) is 0.775. The topological polar surface area (TPSA) is 24.4 Å². The number of nitrogens with zero attached hydrogens (tertiary/aromatic N) is 1. The van der Waals surface area contributed by atoms with Gasteiger partial charge in [0.1, 0.15) is 5.66 Å². The SMILES string of the molecule is CCC1(C)N=CCN1. The van der Waals surface area contributed by atoms with Crippen molar-refractivity contribution in [3.8, 4) is 0 Å². The van der Waals surface area contributed by atoms with Crippen LogP contribution in [0.5, 0.6) is 0 Å². The van der Waals surface area contributed by atoms with Gasteiger partial charge < -0.3 is 0 Å². The Balaban J connectivity index is 2.54. The molecule has 0 saturated carbocycles. The monoisotopic (exact) mass is 112 g/mol. The average molecular weight is 112 g/mol. The maximum Gasteiger partial charge on any atom is 0.107 e. The zero-order valence-electron chi connectivity index (χ0n) is 5.44. The lowest BCUT2D eigenvalue weighted by Gasteiger charge is -2.17. The summed E-state index contributed by atoms with van der Waals surface area (Å²) in [6, 6.07) is 0. The van der Waals surface area contributed by atoms with Gasteiger partial charge in [-0.1, -0.05) is 6.92 Å². The second kappa shape index (κ2) is 1.86. The summed E-state index contributed by atoms with van der Waals surface area (Å²) < 4.78 is 0. The molecule has 2 nitrogen and oxygen atoms in total. The van der Waals surface area contributed by atoms with Gasteiger partial charge in [-0.05, 0) is 13.3 Å². The molecule has 0 bridgehead atoms. The van der Waals surface area contributed by atoms with Crippen LogP contribution in [0.25, 0.3) is 0 Å². The Bertz CT molecular complexity index is 109. The Kier molecular flexibility index (Phi) is 1.34. The van der Waals surface area contributed by atoms with Crippen molar-refractivity contribution in [1.82, 2.24) is 5.32 Å². The van der Waals surface area contributed by atoms with E-state index < -0.39 is 0 Å². The number of nitrogens with one attached hydrogen (secondary N) is 1. The van der Waals surface area contributed by atoms with Crippen LogP contribution in [-0.4, -0.2) is 18.4 Å². The molecule has 0 radical (unpaired) electrons. The van der Waals surface area contributed by atoms with Gasteiger partial charge in [0.05, 0.1) is 0 Å². The molecule has 1 heterocycles. The van der Waals surface area contributed by atoms with Gasteiger partial charge in [-0.3, -0.25) is 10.3 Å². The highest BCUT2D eigenvalue weighted by atomic mass is 15.2. The van der Waals surface area contributed by atoms with Crippen molar-refractivity contribution >= 4 is 6.21 Å². The van der Waals surface area contributed by atoms with Gasteiger partial charge in [0.2, 0.25) is 0 Å². The van der Waals surface area contributed by atoms with Crippen LogP contribution in [0.2, 0.25) is 0 Å². The highest BCUT2D eigenvalue weighted by molar-refractivity contribution is 5.62. The van der Waals surface area contributed by atoms with Gasteiger partial charge in [0, 0.05) is 12.8 Å². The highest BCUT2D eigenvalue weighted by Gasteiger charge is 2.20. The number of aliphatic imine (C=N–C) groups is 1. The van der Waals surface area contributed by atoms with E-state index in [1.807, 2.05) is 6.21 Å². The van der Waals surface area contributed by atoms with Crippen molar-refractivity contribution in [1.29, 1.82) is 0 Å². The highest BCUT2D eigenvalue weighted by Crippen LogP contribution is 2.11. The molecule has 2 heteroatoms. The maximum absolute atomic E-state index is 4.25. The molecule has 1 atom stereocenters. The molecule has 1 aliphatic rings. The van der Waals surface area contributed by atoms with E-state index in [4.69, 9.17) is 0 Å². The molecule has 1 rings (SSSR count). The van der Waals surface area contributed by atoms with Crippen molar-refractivity contribution in [2.75, 3.05) is 6.54 Å². The molecule has 0 spiro atoms. The molecule has 0 aromatic heterocycles. The van der Waals surface area contributed by atoms with Crippen LogP contribution >= 0.6 is 0 Å². The van der Waals surface area contributed by atoms with E-state index in [0.29, 0.717) is 0 Å². The molecule has 0 aromatic rings. The summed E-state index contributed by atoms with van der Waals surface area (Å²) in [5, 5.41) is 3.26. The lowest BCUT2D eigenvalue weighted by atomic mass is 10.2. The smallest absolute Gasteiger partial charge is 0.107 e. The second-order valence-corrected chi connectivity index (χ2v) is 2.32. The van der Waals surface area contributed by atoms with Gasteiger partial charge in [0.25, 0.3) is 0 Å². The fraction of sp³-hybridized carbons (Fsp3) is 0.833. The first-order valence-corrected chi connectivity index (χ1v) is 3.05. The predicted octanol–water partition coefficient (Wildman–Crippen LogP) is 0.787. The molecule has 1 aliphatic heterocycles. The Morgan fingerprint density at radius 3 is 2.88 bits per heavy atom. The van der Waals surface area contributed by atoms with Crippen LogP contribution in [0, 0.1) is 0 Å². The molecule has 0 amide bonds. The summed E-state index contributed by atoms with van der Waals surface area (Å²) in [6.45, 7) is 5.18. The third kappa shape index (κ3) is 0.892. The van der Waals surface area contributed by atoms with Crippen molar-refractivity contribution in [3.63, 3.8) is 0 Å². The molecule has 46 valence electrons. The molecule has 0 saturated heterocycles. The third-order valence-electron chi connectivity index (χ3n) is 1.64. The molecular formula is C6H12N2. The van der Waals surface area contributed by atoms with E-state index >= 15 is 0 Å². The van der Waals surface area contributed by atoms with E-state index in [9.17, 15) is 0 Å². The summed E-state index contributed by atoms with van der Waals surface area (Å²) >= 11 is 0. The van der Waals surface area contributed by atoms with E-state index in [2.05, 4.69) is 24.2 Å². The zero-order chi connectivity index (χ0) is 6.04. The first kappa shape index (κ1) is 5.76. The summed E-state index contributed by atoms with van der Waals surface area (Å²) in [4.78, 5) is 4.25. The van der Waals surface area contributed by atoms with Crippen molar-refractivity contribution < 1.29 is 0 Å². The summed E-state index contributed by atoms with van der Waals surface area (Å²) in [6.07, 6.45) is 3.01. The summed E-state index contributed by atoms with van der Waals surface area (Å²) in [5.41, 5.74) is 0.0556. The fourth-order valence-corrected chi connectivity index (χ4v) is 0.775. The minimum Gasteiger partial charge on any atom is -0.288 e. The first-order chi connectivity index (χ1) is 3.77. The van der Waals surface area contributed by atoms with Crippen LogP contribution in [0.1, 0.15) is 20.3 Å². The van der Waals surface area contributed by atoms with Crippen LogP contribution in [-0.2, 0) is 0 Å². The Labute approximate surface area is 50.0 Å². The van der Waals surface area contributed by atoms with Crippen molar-refractivity contribution in [2.45, 2.75) is 25.9 Å². The standard InChI is InChI=1S/C6H12N2/c1-3-6(2)7-4-5-8-6/h4,8H,3,5H2,1-2H3. The Morgan fingerprint density at radius 2 is 2.62 bits per heavy atom. The molecule has 0 aromatic carbocycles. The molecule has 0 fully saturated rings. The third-order valence-corrected chi connectivity index (χ3v) is 1.64. The largest absolute Gasteiger partial charge is 0.288 e. The quantitative estimate of drug-likeness (QED) is 0.532. The van der Waals surface area contributed by atoms with Crippen molar-refractivity contribution in [3.05, 3.63) is 0 Å². The van der Waals surface area contributed by atoms with Gasteiger partial charge in [-0.2, -0.15) is 0 Å². The normalized spacial score (nSPS) is 36.2. The van der Waals surface area contributed by atoms with Crippen LogP contribution in [0.15, 0.2) is 4.99 Å². The second-order valence-electron chi connectivity index (χ2n) is 2.32. The summed E-state index contributed by atoms with van der Waals surface area (Å²) in [7, 11) is 0. The zero-order valence-corrected chi connectivity index (χ0v) is 5.44. The average Bonchev–Trinajstić information content (AvgIpc) is 2.17. The maximum atomic E-state index is 4.25. The van der Waals surface area contributed by atoms with E-state index in [1.54, 1.807) is 0 Å². The van der Waals surface area contributed by atoms with E-state index in [1.165, 1.54) is 0 Å². The Morgan fingerprint density at radius 1 is 1.88 bits per heavy atom. The number of hydrogen-bond acceptors (Lipinski definition) is 2. The van der Waals surface area contributed by atoms with Gasteiger partial charge in [-0.25, -0.2) is 0 Å². The van der Waals surface area contributed by atoms with E-state index in [0.717, 1.165) is 13.0 Å². The first-order valence-electron chi connectivity index (χ1n) is 3.05. The molecular weight excluding hydrogens is 100 g/mol. The van der Waals surface area contributed by atoms with Gasteiger partial charge in [-0.15, -0.1) is 0 Å². The van der Waals surface area contributed by atoms with Crippen LogP contribution in [0.4, 0.5) is 0 Å². The Hall–Kier alpha value is -0.370. The lowest BCUT2D eigenvalue weighted by Crippen LogP contribution is -2.35. The van der Waals surface area contributed by atoms with Crippen LogP contribution in [0.3, 0.4) is 0 Å². The number of rotatable bonds is 1. The number of hydrogen-bond donors (Lipinski definition) is 1. The van der Waals surface area contributed by atoms with Crippen LogP contribution < -0.4 is 5.32 Å².